The van der Waals surface area contributed by atoms with Crippen molar-refractivity contribution >= 4 is 11.7 Å². The van der Waals surface area contributed by atoms with Gasteiger partial charge in [0.25, 0.3) is 5.91 Å². The third-order valence-corrected chi connectivity index (χ3v) is 4.85. The molecule has 2 aromatic carbocycles. The van der Waals surface area contributed by atoms with E-state index in [0.717, 1.165) is 19.3 Å². The summed E-state index contributed by atoms with van der Waals surface area (Å²) < 4.78 is 48.4. The topological polar surface area (TPSA) is 92.4 Å². The number of hydrogen-bond acceptors (Lipinski definition) is 4. The molecule has 0 aromatic heterocycles. The van der Waals surface area contributed by atoms with E-state index in [0.29, 0.717) is 24.9 Å². The van der Waals surface area contributed by atoms with Gasteiger partial charge in [0.2, 0.25) is 11.6 Å². The molecule has 1 atom stereocenters. The maximum Gasteiger partial charge on any atom is 0.252 e. The SMILES string of the molecule is NCCCCC1(NC(=O)c2ccccc2)CCC1=O.Oc1c(F)c(F)cc(F)c1F. The maximum atomic E-state index is 12.1. The lowest BCUT2D eigenvalue weighted by Crippen LogP contribution is -2.60. The van der Waals surface area contributed by atoms with Crippen LogP contribution in [0.5, 0.6) is 5.75 Å². The second-order valence-electron chi connectivity index (χ2n) is 6.89. The second kappa shape index (κ2) is 10.2. The Hall–Kier alpha value is -2.94. The number of amides is 1. The van der Waals surface area contributed by atoms with Crippen molar-refractivity contribution < 1.29 is 32.3 Å². The number of benzene rings is 2. The van der Waals surface area contributed by atoms with Gasteiger partial charge in [-0.1, -0.05) is 18.2 Å². The predicted molar refractivity (Wildman–Crippen MR) is 102 cm³/mol. The van der Waals surface area contributed by atoms with Crippen LogP contribution < -0.4 is 11.1 Å². The van der Waals surface area contributed by atoms with Crippen LogP contribution in [0, 0.1) is 23.3 Å². The Morgan fingerprint density at radius 1 is 1.07 bits per heavy atom. The molecule has 4 N–H and O–H groups in total. The minimum Gasteiger partial charge on any atom is -0.503 e. The van der Waals surface area contributed by atoms with Crippen molar-refractivity contribution in [3.05, 3.63) is 65.2 Å². The summed E-state index contributed by atoms with van der Waals surface area (Å²) >= 11 is 0. The summed E-state index contributed by atoms with van der Waals surface area (Å²) in [6.45, 7) is 0.622. The van der Waals surface area contributed by atoms with Gasteiger partial charge >= 0.3 is 0 Å². The fourth-order valence-corrected chi connectivity index (χ4v) is 3.00. The molecule has 0 heterocycles. The first-order valence-corrected chi connectivity index (χ1v) is 9.34. The fourth-order valence-electron chi connectivity index (χ4n) is 3.00. The lowest BCUT2D eigenvalue weighted by molar-refractivity contribution is -0.133. The van der Waals surface area contributed by atoms with Crippen molar-refractivity contribution in [3.8, 4) is 5.75 Å². The van der Waals surface area contributed by atoms with Gasteiger partial charge in [0, 0.05) is 18.1 Å². The Morgan fingerprint density at radius 3 is 2.13 bits per heavy atom. The van der Waals surface area contributed by atoms with Crippen molar-refractivity contribution in [3.63, 3.8) is 0 Å². The van der Waals surface area contributed by atoms with Crippen molar-refractivity contribution in [1.29, 1.82) is 0 Å². The van der Waals surface area contributed by atoms with Crippen LogP contribution in [0.1, 0.15) is 42.5 Å². The van der Waals surface area contributed by atoms with E-state index in [1.54, 1.807) is 12.1 Å². The van der Waals surface area contributed by atoms with Crippen molar-refractivity contribution in [2.24, 2.45) is 5.73 Å². The zero-order valence-corrected chi connectivity index (χ0v) is 16.1. The van der Waals surface area contributed by atoms with Gasteiger partial charge in [0.05, 0.1) is 5.54 Å². The zero-order valence-electron chi connectivity index (χ0n) is 16.1. The monoisotopic (exact) mass is 426 g/mol. The number of phenols is 1. The number of halogens is 4. The summed E-state index contributed by atoms with van der Waals surface area (Å²) in [4.78, 5) is 24.0. The molecule has 1 amide bonds. The number of carbonyl (C=O) groups is 2. The number of nitrogens with two attached hydrogens (primary N) is 1. The highest BCUT2D eigenvalue weighted by molar-refractivity contribution is 6.02. The molecule has 9 heteroatoms. The molecule has 3 rings (SSSR count). The number of ketones is 1. The molecule has 5 nitrogen and oxygen atoms in total. The van der Waals surface area contributed by atoms with Gasteiger partial charge in [-0.2, -0.15) is 8.78 Å². The third-order valence-electron chi connectivity index (χ3n) is 4.85. The number of phenolic OH excluding ortho intramolecular Hbond substituents is 1. The van der Waals surface area contributed by atoms with Crippen LogP contribution in [0.4, 0.5) is 17.6 Å². The summed E-state index contributed by atoms with van der Waals surface area (Å²) in [6.07, 6.45) is 3.77. The summed E-state index contributed by atoms with van der Waals surface area (Å²) in [5, 5.41) is 11.3. The molecule has 1 saturated carbocycles. The minimum absolute atomic E-state index is 0.0182. The van der Waals surface area contributed by atoms with E-state index < -0.39 is 34.6 Å². The summed E-state index contributed by atoms with van der Waals surface area (Å²) in [6, 6.07) is 9.03. The molecule has 0 saturated heterocycles. The summed E-state index contributed by atoms with van der Waals surface area (Å²) in [5.41, 5.74) is 5.43. The highest BCUT2D eigenvalue weighted by Crippen LogP contribution is 2.33. The number of rotatable bonds is 6. The summed E-state index contributed by atoms with van der Waals surface area (Å²) in [7, 11) is 0. The Labute approximate surface area is 170 Å². The van der Waals surface area contributed by atoms with E-state index in [4.69, 9.17) is 10.8 Å². The molecule has 0 aliphatic heterocycles. The zero-order chi connectivity index (χ0) is 22.3. The first-order chi connectivity index (χ1) is 14.2. The molecule has 1 aliphatic rings. The molecule has 0 radical (unpaired) electrons. The average molecular weight is 426 g/mol. The molecule has 2 aromatic rings. The van der Waals surface area contributed by atoms with E-state index in [2.05, 4.69) is 5.32 Å². The van der Waals surface area contributed by atoms with Crippen LogP contribution in [-0.2, 0) is 4.79 Å². The van der Waals surface area contributed by atoms with Crippen LogP contribution in [0.2, 0.25) is 0 Å². The maximum absolute atomic E-state index is 12.1. The Balaban J connectivity index is 0.000000248. The standard InChI is InChI=1S/C15H20N2O2.C6H2F4O/c16-11-5-4-9-15(10-8-13(15)18)17-14(19)12-6-2-1-3-7-12;7-2-1-3(8)5(10)6(11)4(2)9/h1-3,6-7H,4-5,8-11,16H2,(H,17,19);1,11H. The van der Waals surface area contributed by atoms with Gasteiger partial charge in [-0.15, -0.1) is 0 Å². The molecule has 0 spiro atoms. The molecule has 1 unspecified atom stereocenters. The van der Waals surface area contributed by atoms with Gasteiger partial charge in [-0.3, -0.25) is 9.59 Å². The van der Waals surface area contributed by atoms with E-state index >= 15 is 0 Å². The highest BCUT2D eigenvalue weighted by Gasteiger charge is 2.46. The van der Waals surface area contributed by atoms with Crippen LogP contribution in [0.15, 0.2) is 36.4 Å². The number of nitrogens with one attached hydrogen (secondary N) is 1. The molecule has 30 heavy (non-hydrogen) atoms. The number of hydrogen-bond donors (Lipinski definition) is 3. The van der Waals surface area contributed by atoms with Crippen molar-refractivity contribution in [2.75, 3.05) is 6.54 Å². The summed E-state index contributed by atoms with van der Waals surface area (Å²) in [5.74, 6) is -8.48. The van der Waals surface area contributed by atoms with E-state index in [-0.39, 0.29) is 17.8 Å². The van der Waals surface area contributed by atoms with Gasteiger partial charge < -0.3 is 16.2 Å². The average Bonchev–Trinajstić information content (AvgIpc) is 2.75. The normalized spacial score (nSPS) is 17.6. The van der Waals surface area contributed by atoms with Crippen LogP contribution >= 0.6 is 0 Å². The highest BCUT2D eigenvalue weighted by atomic mass is 19.2. The van der Waals surface area contributed by atoms with Crippen molar-refractivity contribution in [2.45, 2.75) is 37.6 Å². The van der Waals surface area contributed by atoms with E-state index in [9.17, 15) is 27.2 Å². The van der Waals surface area contributed by atoms with Gasteiger partial charge in [-0.25, -0.2) is 8.78 Å². The molecule has 162 valence electrons. The number of aromatic hydroxyl groups is 1. The molecule has 1 aliphatic carbocycles. The number of carbonyl (C=O) groups excluding carboxylic acids is 2. The van der Waals surface area contributed by atoms with Crippen LogP contribution in [-0.4, -0.2) is 28.9 Å². The largest absolute Gasteiger partial charge is 0.503 e. The quantitative estimate of drug-likeness (QED) is 0.374. The fraction of sp³-hybridized carbons (Fsp3) is 0.333. The number of Topliss-reactive ketones (excluding diaryl/α,β-unsaturated/α-hetero) is 1. The Morgan fingerprint density at radius 2 is 1.67 bits per heavy atom. The van der Waals surface area contributed by atoms with Crippen LogP contribution in [0.25, 0.3) is 0 Å². The minimum atomic E-state index is -1.79. The second-order valence-corrected chi connectivity index (χ2v) is 6.89. The van der Waals surface area contributed by atoms with Crippen LogP contribution in [0.3, 0.4) is 0 Å². The Bertz CT molecular complexity index is 883. The van der Waals surface area contributed by atoms with Crippen molar-refractivity contribution in [1.82, 2.24) is 5.32 Å². The smallest absolute Gasteiger partial charge is 0.252 e. The van der Waals surface area contributed by atoms with Gasteiger partial charge in [-0.05, 0) is 44.4 Å². The lowest BCUT2D eigenvalue weighted by atomic mass is 9.72. The predicted octanol–water partition coefficient (Wildman–Crippen LogP) is 3.60. The first-order valence-electron chi connectivity index (χ1n) is 9.34. The van der Waals surface area contributed by atoms with E-state index in [1.807, 2.05) is 18.2 Å². The lowest BCUT2D eigenvalue weighted by Gasteiger charge is -2.40. The van der Waals surface area contributed by atoms with Gasteiger partial charge in [0.15, 0.2) is 23.2 Å². The van der Waals surface area contributed by atoms with Gasteiger partial charge in [0.1, 0.15) is 0 Å². The molecule has 0 bridgehead atoms. The molecular formula is C21H22F4N2O3. The first kappa shape index (κ1) is 23.3. The third kappa shape index (κ3) is 5.35. The van der Waals surface area contributed by atoms with E-state index in [1.165, 1.54) is 0 Å². The Kier molecular flexibility index (Phi) is 7.93. The molecular weight excluding hydrogens is 404 g/mol. The number of unbranched alkanes of at least 4 members (excludes halogenated alkanes) is 1. The molecule has 1 fully saturated rings.